The normalized spacial score (nSPS) is 11.6. The first kappa shape index (κ1) is 13.4. The Kier molecular flexibility index (Phi) is 3.44. The summed E-state index contributed by atoms with van der Waals surface area (Å²) in [5.41, 5.74) is 6.09. The van der Waals surface area contributed by atoms with E-state index in [4.69, 9.17) is 10.8 Å². The molecule has 0 saturated carbocycles. The van der Waals surface area contributed by atoms with E-state index in [2.05, 4.69) is 4.98 Å². The Balaban J connectivity index is 2.53. The van der Waals surface area contributed by atoms with E-state index in [1.807, 2.05) is 0 Å². The van der Waals surface area contributed by atoms with Crippen LogP contribution in [-0.2, 0) is 12.8 Å². The molecule has 3 N–H and O–H groups in total. The molecule has 2 rings (SSSR count). The van der Waals surface area contributed by atoms with Crippen molar-refractivity contribution in [1.29, 1.82) is 0 Å². The van der Waals surface area contributed by atoms with Crippen LogP contribution in [0.25, 0.3) is 11.1 Å². The largest absolute Gasteiger partial charge is 0.416 e. The van der Waals surface area contributed by atoms with Crippen molar-refractivity contribution in [2.24, 2.45) is 0 Å². The summed E-state index contributed by atoms with van der Waals surface area (Å²) in [5.74, 6) is 0.122. The number of nitrogens with zero attached hydrogens (tertiary/aromatic N) is 1. The number of nitrogens with two attached hydrogens (primary N) is 1. The number of aromatic nitrogens is 1. The van der Waals surface area contributed by atoms with Gasteiger partial charge in [-0.25, -0.2) is 4.98 Å². The average molecular weight is 268 g/mol. The van der Waals surface area contributed by atoms with Gasteiger partial charge in [0.05, 0.1) is 12.2 Å². The fourth-order valence-electron chi connectivity index (χ4n) is 1.70. The summed E-state index contributed by atoms with van der Waals surface area (Å²) < 4.78 is 37.9. The van der Waals surface area contributed by atoms with Gasteiger partial charge in [0.2, 0.25) is 0 Å². The van der Waals surface area contributed by atoms with Gasteiger partial charge in [0.25, 0.3) is 0 Å². The second-order valence-electron chi connectivity index (χ2n) is 4.01. The first-order valence-corrected chi connectivity index (χ1v) is 5.44. The average Bonchev–Trinajstić information content (AvgIpc) is 2.38. The van der Waals surface area contributed by atoms with Crippen LogP contribution in [-0.4, -0.2) is 10.1 Å². The van der Waals surface area contributed by atoms with Gasteiger partial charge in [-0.1, -0.05) is 12.1 Å². The number of hydrogen-bond donors (Lipinski definition) is 2. The van der Waals surface area contributed by atoms with Crippen LogP contribution in [0, 0.1) is 0 Å². The van der Waals surface area contributed by atoms with Crippen LogP contribution in [0.15, 0.2) is 36.5 Å². The van der Waals surface area contributed by atoms with Crippen LogP contribution < -0.4 is 5.73 Å². The van der Waals surface area contributed by atoms with E-state index in [9.17, 15) is 13.2 Å². The molecule has 0 bridgehead atoms. The molecule has 1 aromatic heterocycles. The highest BCUT2D eigenvalue weighted by Gasteiger charge is 2.30. The van der Waals surface area contributed by atoms with Crippen molar-refractivity contribution < 1.29 is 18.3 Å². The molecule has 0 aliphatic heterocycles. The van der Waals surface area contributed by atoms with Gasteiger partial charge in [-0.3, -0.25) is 0 Å². The van der Waals surface area contributed by atoms with Crippen LogP contribution in [0.2, 0.25) is 0 Å². The molecule has 0 radical (unpaired) electrons. The summed E-state index contributed by atoms with van der Waals surface area (Å²) >= 11 is 0. The van der Waals surface area contributed by atoms with E-state index in [-0.39, 0.29) is 12.4 Å². The van der Waals surface area contributed by atoms with E-state index in [0.717, 1.165) is 12.1 Å². The number of pyridine rings is 1. The fourth-order valence-corrected chi connectivity index (χ4v) is 1.70. The van der Waals surface area contributed by atoms with Gasteiger partial charge in [0, 0.05) is 11.8 Å². The van der Waals surface area contributed by atoms with Gasteiger partial charge in [-0.2, -0.15) is 13.2 Å². The van der Waals surface area contributed by atoms with Gasteiger partial charge >= 0.3 is 6.18 Å². The van der Waals surface area contributed by atoms with E-state index in [1.54, 1.807) is 0 Å². The number of hydrogen-bond acceptors (Lipinski definition) is 3. The molecule has 0 aliphatic carbocycles. The summed E-state index contributed by atoms with van der Waals surface area (Å²) in [6, 6.07) is 6.35. The Hall–Kier alpha value is -2.08. The lowest BCUT2D eigenvalue weighted by molar-refractivity contribution is -0.137. The van der Waals surface area contributed by atoms with Gasteiger partial charge in [-0.15, -0.1) is 0 Å². The Morgan fingerprint density at radius 3 is 2.58 bits per heavy atom. The number of aliphatic hydroxyl groups excluding tert-OH is 1. The first-order chi connectivity index (χ1) is 8.91. The van der Waals surface area contributed by atoms with E-state index < -0.39 is 11.7 Å². The van der Waals surface area contributed by atoms with Gasteiger partial charge < -0.3 is 10.8 Å². The van der Waals surface area contributed by atoms with E-state index >= 15 is 0 Å². The summed E-state index contributed by atoms with van der Waals surface area (Å²) in [4.78, 5) is 3.85. The SMILES string of the molecule is Nc1ncc(CO)cc1-c1cccc(C(F)(F)F)c1. The highest BCUT2D eigenvalue weighted by atomic mass is 19.4. The lowest BCUT2D eigenvalue weighted by Gasteiger charge is -2.10. The molecule has 0 amide bonds. The number of benzene rings is 1. The first-order valence-electron chi connectivity index (χ1n) is 5.44. The summed E-state index contributed by atoms with van der Waals surface area (Å²) in [5, 5.41) is 9.02. The van der Waals surface area contributed by atoms with Crippen LogP contribution >= 0.6 is 0 Å². The summed E-state index contributed by atoms with van der Waals surface area (Å²) in [6.07, 6.45) is -3.03. The molecule has 1 heterocycles. The van der Waals surface area contributed by atoms with Crippen molar-refractivity contribution in [2.45, 2.75) is 12.8 Å². The molecule has 19 heavy (non-hydrogen) atoms. The third-order valence-corrected chi connectivity index (χ3v) is 2.66. The van der Waals surface area contributed by atoms with Crippen molar-refractivity contribution >= 4 is 5.82 Å². The van der Waals surface area contributed by atoms with Crippen molar-refractivity contribution in [3.05, 3.63) is 47.7 Å². The number of alkyl halides is 3. The van der Waals surface area contributed by atoms with Crippen LogP contribution in [0.5, 0.6) is 0 Å². The molecule has 0 unspecified atom stereocenters. The van der Waals surface area contributed by atoms with Crippen LogP contribution in [0.1, 0.15) is 11.1 Å². The van der Waals surface area contributed by atoms with Crippen LogP contribution in [0.4, 0.5) is 19.0 Å². The maximum absolute atomic E-state index is 12.6. The molecular formula is C13H11F3N2O. The molecule has 3 nitrogen and oxygen atoms in total. The maximum Gasteiger partial charge on any atom is 0.416 e. The van der Waals surface area contributed by atoms with Gasteiger partial charge in [-0.05, 0) is 29.3 Å². The van der Waals surface area contributed by atoms with E-state index in [1.165, 1.54) is 24.4 Å². The molecule has 0 fully saturated rings. The molecular weight excluding hydrogens is 257 g/mol. The van der Waals surface area contributed by atoms with Gasteiger partial charge in [0.15, 0.2) is 0 Å². The molecule has 6 heteroatoms. The Morgan fingerprint density at radius 1 is 1.21 bits per heavy atom. The lowest BCUT2D eigenvalue weighted by Crippen LogP contribution is -2.05. The smallest absolute Gasteiger partial charge is 0.392 e. The Bertz CT molecular complexity index is 597. The van der Waals surface area contributed by atoms with Crippen molar-refractivity contribution in [2.75, 3.05) is 5.73 Å². The molecule has 0 spiro atoms. The van der Waals surface area contributed by atoms with Gasteiger partial charge in [0.1, 0.15) is 5.82 Å². The third-order valence-electron chi connectivity index (χ3n) is 2.66. The highest BCUT2D eigenvalue weighted by molar-refractivity contribution is 5.74. The Labute approximate surface area is 107 Å². The van der Waals surface area contributed by atoms with Crippen molar-refractivity contribution in [1.82, 2.24) is 4.98 Å². The second kappa shape index (κ2) is 4.89. The Morgan fingerprint density at radius 2 is 1.95 bits per heavy atom. The molecule has 0 atom stereocenters. The van der Waals surface area contributed by atoms with Crippen molar-refractivity contribution in [3.63, 3.8) is 0 Å². The maximum atomic E-state index is 12.6. The third kappa shape index (κ3) is 2.85. The summed E-state index contributed by atoms with van der Waals surface area (Å²) in [7, 11) is 0. The standard InChI is InChI=1S/C13H11F3N2O/c14-13(15,16)10-3-1-2-9(5-10)11-4-8(7-19)6-18-12(11)17/h1-6,19H,7H2,(H2,17,18). The molecule has 2 aromatic rings. The minimum atomic E-state index is -4.41. The minimum Gasteiger partial charge on any atom is -0.392 e. The molecule has 1 aromatic carbocycles. The fraction of sp³-hybridized carbons (Fsp3) is 0.154. The zero-order valence-corrected chi connectivity index (χ0v) is 9.78. The van der Waals surface area contributed by atoms with Crippen molar-refractivity contribution in [3.8, 4) is 11.1 Å². The molecule has 0 saturated heterocycles. The van der Waals surface area contributed by atoms with E-state index in [0.29, 0.717) is 16.7 Å². The topological polar surface area (TPSA) is 59.1 Å². The zero-order valence-electron chi connectivity index (χ0n) is 9.78. The number of halogens is 3. The quantitative estimate of drug-likeness (QED) is 0.880. The second-order valence-corrected chi connectivity index (χ2v) is 4.01. The number of aliphatic hydroxyl groups is 1. The number of nitrogen functional groups attached to an aromatic ring is 1. The summed E-state index contributed by atoms with van der Waals surface area (Å²) in [6.45, 7) is -0.251. The number of rotatable bonds is 2. The predicted molar refractivity (Wildman–Crippen MR) is 65.0 cm³/mol. The monoisotopic (exact) mass is 268 g/mol. The highest BCUT2D eigenvalue weighted by Crippen LogP contribution is 2.33. The minimum absolute atomic E-state index is 0.122. The molecule has 0 aliphatic rings. The zero-order chi connectivity index (χ0) is 14.0. The molecule has 100 valence electrons. The van der Waals surface area contributed by atoms with Crippen LogP contribution in [0.3, 0.4) is 0 Å². The number of anilines is 1. The predicted octanol–water partition coefficient (Wildman–Crippen LogP) is 2.84. The lowest BCUT2D eigenvalue weighted by atomic mass is 10.0.